The number of rotatable bonds is 41. The molecule has 0 aromatic heterocycles. The molecule has 0 bridgehead atoms. The Morgan fingerprint density at radius 3 is 1.14 bits per heavy atom. The molecule has 0 saturated heterocycles. The van der Waals surface area contributed by atoms with Gasteiger partial charge in [0.15, 0.2) is 0 Å². The maximum absolute atomic E-state index is 12.4. The lowest BCUT2D eigenvalue weighted by Gasteiger charge is -2.21. The van der Waals surface area contributed by atoms with Crippen LogP contribution < -0.4 is 5.32 Å². The van der Waals surface area contributed by atoms with Gasteiger partial charge in [-0.3, -0.25) is 4.79 Å². The molecule has 3 unspecified atom stereocenters. The van der Waals surface area contributed by atoms with E-state index in [0.717, 1.165) is 38.5 Å². The van der Waals surface area contributed by atoms with E-state index in [1.165, 1.54) is 180 Å². The van der Waals surface area contributed by atoms with Gasteiger partial charge in [0.2, 0.25) is 5.91 Å². The van der Waals surface area contributed by atoms with Gasteiger partial charge in [-0.05, 0) is 44.9 Å². The van der Waals surface area contributed by atoms with Crippen molar-refractivity contribution in [2.75, 3.05) is 6.61 Å². The lowest BCUT2D eigenvalue weighted by molar-refractivity contribution is -0.131. The van der Waals surface area contributed by atoms with E-state index < -0.39 is 24.2 Å². The lowest BCUT2D eigenvalue weighted by Crippen LogP contribution is -2.48. The molecule has 0 aromatic carbocycles. The van der Waals surface area contributed by atoms with E-state index in [1.54, 1.807) is 6.08 Å². The lowest BCUT2D eigenvalue weighted by atomic mass is 10.0. The summed E-state index contributed by atoms with van der Waals surface area (Å²) in [5.74, 6) is -0.519. The van der Waals surface area contributed by atoms with Gasteiger partial charge in [-0.2, -0.15) is 0 Å². The largest absolute Gasteiger partial charge is 0.394 e. The summed E-state index contributed by atoms with van der Waals surface area (Å²) in [4.78, 5) is 12.4. The molecule has 0 aliphatic heterocycles. The SMILES string of the molecule is CCCCCCCC/C=C\CCCCC(O)C(=O)NC(CO)C(O)/C=C/CCCCCCCCCCCCCCCCCCCCCCCCC. The highest BCUT2D eigenvalue weighted by molar-refractivity contribution is 5.80. The van der Waals surface area contributed by atoms with E-state index in [1.807, 2.05) is 6.08 Å². The quantitative estimate of drug-likeness (QED) is 0.0374. The normalized spacial score (nSPS) is 13.7. The molecule has 0 aliphatic carbocycles. The van der Waals surface area contributed by atoms with Gasteiger partial charge >= 0.3 is 0 Å². The molecule has 0 saturated carbocycles. The fraction of sp³-hybridized carbons (Fsp3) is 0.891. The van der Waals surface area contributed by atoms with Gasteiger partial charge in [-0.15, -0.1) is 0 Å². The average molecular weight is 720 g/mol. The number of hydrogen-bond donors (Lipinski definition) is 4. The number of allylic oxidation sites excluding steroid dienone is 3. The van der Waals surface area contributed by atoms with E-state index in [2.05, 4.69) is 31.3 Å². The molecular weight excluding hydrogens is 631 g/mol. The number of aliphatic hydroxyl groups is 3. The van der Waals surface area contributed by atoms with Gasteiger partial charge in [0.1, 0.15) is 6.10 Å². The van der Waals surface area contributed by atoms with E-state index in [0.29, 0.717) is 6.42 Å². The predicted molar refractivity (Wildman–Crippen MR) is 222 cm³/mol. The standard InChI is InChI=1S/C46H89NO4/c1-3-5-7-9-11-13-15-17-18-19-20-21-22-23-24-25-26-27-28-29-31-32-34-36-38-40-44(49)43(42-48)47-46(51)45(50)41-39-37-35-33-30-16-14-12-10-8-6-4-2/h30,33,38,40,43-45,48-50H,3-29,31-32,34-37,39,41-42H2,1-2H3,(H,47,51)/b33-30-,40-38+. The molecule has 3 atom stereocenters. The van der Waals surface area contributed by atoms with Crippen molar-refractivity contribution in [2.24, 2.45) is 0 Å². The second-order valence-electron chi connectivity index (χ2n) is 15.6. The molecule has 5 heteroatoms. The summed E-state index contributed by atoms with van der Waals surface area (Å²) in [6.45, 7) is 4.17. The third kappa shape index (κ3) is 37.0. The zero-order valence-electron chi connectivity index (χ0n) is 34.2. The van der Waals surface area contributed by atoms with Crippen LogP contribution in [-0.2, 0) is 4.79 Å². The van der Waals surface area contributed by atoms with Crippen molar-refractivity contribution in [3.63, 3.8) is 0 Å². The molecule has 0 fully saturated rings. The summed E-state index contributed by atoms with van der Waals surface area (Å²) in [5.41, 5.74) is 0. The van der Waals surface area contributed by atoms with Gasteiger partial charge in [-0.25, -0.2) is 0 Å². The number of carbonyl (C=O) groups is 1. The zero-order valence-corrected chi connectivity index (χ0v) is 34.2. The van der Waals surface area contributed by atoms with Crippen LogP contribution in [-0.4, -0.2) is 46.1 Å². The molecule has 0 rings (SSSR count). The minimum absolute atomic E-state index is 0.368. The van der Waals surface area contributed by atoms with E-state index in [9.17, 15) is 20.1 Å². The van der Waals surface area contributed by atoms with Crippen LogP contribution >= 0.6 is 0 Å². The van der Waals surface area contributed by atoms with Crippen molar-refractivity contribution in [1.29, 1.82) is 0 Å². The van der Waals surface area contributed by atoms with Crippen molar-refractivity contribution in [3.8, 4) is 0 Å². The van der Waals surface area contributed by atoms with Crippen molar-refractivity contribution in [2.45, 2.75) is 257 Å². The summed E-state index contributed by atoms with van der Waals surface area (Å²) < 4.78 is 0. The maximum atomic E-state index is 12.4. The molecule has 5 nitrogen and oxygen atoms in total. The molecule has 51 heavy (non-hydrogen) atoms. The highest BCUT2D eigenvalue weighted by atomic mass is 16.3. The van der Waals surface area contributed by atoms with Crippen LogP contribution in [0.4, 0.5) is 0 Å². The Bertz CT molecular complexity index is 754. The fourth-order valence-corrected chi connectivity index (χ4v) is 6.94. The summed E-state index contributed by atoms with van der Waals surface area (Å²) in [6, 6.07) is -0.803. The van der Waals surface area contributed by atoms with Crippen LogP contribution in [0.25, 0.3) is 0 Å². The highest BCUT2D eigenvalue weighted by Crippen LogP contribution is 2.16. The summed E-state index contributed by atoms with van der Waals surface area (Å²) in [5, 5.41) is 33.1. The minimum Gasteiger partial charge on any atom is -0.394 e. The molecule has 0 heterocycles. The predicted octanol–water partition coefficient (Wildman–Crippen LogP) is 13.0. The Balaban J connectivity index is 3.61. The number of carbonyl (C=O) groups excluding carboxylic acids is 1. The number of nitrogens with one attached hydrogen (secondary N) is 1. The second kappa shape index (κ2) is 41.6. The number of amides is 1. The Labute approximate surface area is 318 Å². The van der Waals surface area contributed by atoms with Crippen LogP contribution in [0, 0.1) is 0 Å². The van der Waals surface area contributed by atoms with Gasteiger partial charge in [0.05, 0.1) is 18.8 Å². The topological polar surface area (TPSA) is 89.8 Å². The van der Waals surface area contributed by atoms with Gasteiger partial charge in [0.25, 0.3) is 0 Å². The Morgan fingerprint density at radius 2 is 0.784 bits per heavy atom. The zero-order chi connectivity index (χ0) is 37.3. The van der Waals surface area contributed by atoms with Gasteiger partial charge < -0.3 is 20.6 Å². The first-order chi connectivity index (χ1) is 25.1. The molecule has 0 aromatic rings. The Morgan fingerprint density at radius 1 is 0.471 bits per heavy atom. The molecule has 302 valence electrons. The van der Waals surface area contributed by atoms with Crippen LogP contribution in [0.5, 0.6) is 0 Å². The minimum atomic E-state index is -1.11. The first-order valence-electron chi connectivity index (χ1n) is 22.7. The average Bonchev–Trinajstić information content (AvgIpc) is 3.13. The van der Waals surface area contributed by atoms with Crippen LogP contribution in [0.1, 0.15) is 239 Å². The molecule has 0 aliphatic rings. The van der Waals surface area contributed by atoms with Crippen LogP contribution in [0.15, 0.2) is 24.3 Å². The summed E-state index contributed by atoms with van der Waals surface area (Å²) in [6.07, 6.45) is 50.8. The summed E-state index contributed by atoms with van der Waals surface area (Å²) >= 11 is 0. The molecule has 0 radical (unpaired) electrons. The number of hydrogen-bond acceptors (Lipinski definition) is 4. The highest BCUT2D eigenvalue weighted by Gasteiger charge is 2.22. The van der Waals surface area contributed by atoms with E-state index >= 15 is 0 Å². The van der Waals surface area contributed by atoms with Gasteiger partial charge in [0, 0.05) is 0 Å². The maximum Gasteiger partial charge on any atom is 0.249 e. The molecule has 1 amide bonds. The smallest absolute Gasteiger partial charge is 0.249 e. The third-order valence-corrected chi connectivity index (χ3v) is 10.5. The molecular formula is C46H89NO4. The van der Waals surface area contributed by atoms with Crippen molar-refractivity contribution in [3.05, 3.63) is 24.3 Å². The van der Waals surface area contributed by atoms with E-state index in [-0.39, 0.29) is 6.61 Å². The second-order valence-corrected chi connectivity index (χ2v) is 15.6. The van der Waals surface area contributed by atoms with Gasteiger partial charge in [-0.1, -0.05) is 218 Å². The monoisotopic (exact) mass is 720 g/mol. The third-order valence-electron chi connectivity index (χ3n) is 10.5. The van der Waals surface area contributed by atoms with Crippen molar-refractivity contribution < 1.29 is 20.1 Å². The first kappa shape index (κ1) is 49.8. The van der Waals surface area contributed by atoms with Crippen molar-refractivity contribution >= 4 is 5.91 Å². The Kier molecular flexibility index (Phi) is 40.6. The number of aliphatic hydroxyl groups excluding tert-OH is 3. The summed E-state index contributed by atoms with van der Waals surface area (Å²) in [7, 11) is 0. The molecule has 0 spiro atoms. The van der Waals surface area contributed by atoms with Crippen LogP contribution in [0.3, 0.4) is 0 Å². The van der Waals surface area contributed by atoms with E-state index in [4.69, 9.17) is 0 Å². The number of unbranched alkanes of at least 4 members (excludes halogenated alkanes) is 31. The van der Waals surface area contributed by atoms with Crippen molar-refractivity contribution in [1.82, 2.24) is 5.32 Å². The fourth-order valence-electron chi connectivity index (χ4n) is 6.94. The Hall–Kier alpha value is -1.17. The molecule has 4 N–H and O–H groups in total. The first-order valence-corrected chi connectivity index (χ1v) is 22.7. The van der Waals surface area contributed by atoms with Crippen LogP contribution in [0.2, 0.25) is 0 Å².